The Morgan fingerprint density at radius 2 is 1.50 bits per heavy atom. The molecule has 2 amide bonds. The molecular weight excluding hydrogens is 759 g/mol. The topological polar surface area (TPSA) is 268 Å². The van der Waals surface area contributed by atoms with Gasteiger partial charge in [0.05, 0.1) is 25.7 Å². The number of ether oxygens (including phenoxy) is 5. The van der Waals surface area contributed by atoms with Gasteiger partial charge < -0.3 is 65.2 Å². The van der Waals surface area contributed by atoms with Crippen molar-refractivity contribution in [3.63, 3.8) is 0 Å². The highest BCUT2D eigenvalue weighted by Gasteiger charge is 2.56. The number of Topliss-reactive ketones (excluding diaryl/α,β-unsaturated/α-hetero) is 1. The number of ketones is 1. The molecule has 0 aromatic heterocycles. The number of likely N-dealkylation sites (tertiary alicyclic amines) is 1. The highest BCUT2D eigenvalue weighted by Crippen LogP contribution is 2.35. The van der Waals surface area contributed by atoms with Crippen molar-refractivity contribution < 1.29 is 73.8 Å². The summed E-state index contributed by atoms with van der Waals surface area (Å²) in [5.74, 6) is -3.88. The van der Waals surface area contributed by atoms with E-state index in [-0.39, 0.29) is 0 Å². The molecule has 4 rings (SSSR count). The summed E-state index contributed by atoms with van der Waals surface area (Å²) in [6, 6.07) is -1.63. The normalized spacial score (nSPS) is 38.3. The maximum atomic E-state index is 13.8. The minimum atomic E-state index is -1.89. The first-order chi connectivity index (χ1) is 25.5. The van der Waals surface area contributed by atoms with Crippen LogP contribution in [0.1, 0.15) is 20.3 Å². The lowest BCUT2D eigenvalue weighted by Gasteiger charge is -2.46. The smallest absolute Gasteiger partial charge is 0.264 e. The summed E-state index contributed by atoms with van der Waals surface area (Å²) < 4.78 is 27.9. The number of allylic oxidation sites excluding steroid dienone is 12. The summed E-state index contributed by atoms with van der Waals surface area (Å²) in [5.41, 5.74) is 4.67. The summed E-state index contributed by atoms with van der Waals surface area (Å²) >= 11 is 11.7. The lowest BCUT2D eigenvalue weighted by molar-refractivity contribution is -0.338. The molecule has 17 nitrogen and oxygen atoms in total. The molecule has 4 aliphatic heterocycles. The van der Waals surface area contributed by atoms with Crippen molar-refractivity contribution in [2.45, 2.75) is 100 Å². The van der Waals surface area contributed by atoms with E-state index in [1.54, 1.807) is 49.5 Å². The molecule has 4 aliphatic rings. The van der Waals surface area contributed by atoms with Crippen LogP contribution in [0.15, 0.2) is 82.2 Å². The van der Waals surface area contributed by atoms with Crippen LogP contribution in [-0.4, -0.2) is 151 Å². The number of nitrogens with zero attached hydrogens (tertiary/aromatic N) is 1. The minimum Gasteiger partial charge on any atom is -0.507 e. The number of halogens is 2. The number of hydrogen-bond acceptors (Lipinski definition) is 15. The van der Waals surface area contributed by atoms with Crippen LogP contribution in [-0.2, 0) is 38.1 Å². The third-order valence-electron chi connectivity index (χ3n) is 8.71. The van der Waals surface area contributed by atoms with E-state index in [1.807, 2.05) is 0 Å². The van der Waals surface area contributed by atoms with Gasteiger partial charge in [-0.25, -0.2) is 0 Å². The standard InChI is InChI=1S/C35H44Cl2N2O15/c1-16(36)12-18(37)10-8-6-4-3-5-7-9-11-20(40)24-26(44)19(13-23(38)42)39(32(24)49)33-31(27(45)21(41)14-50-33)54-34-30(48)28(46)22(15-51-34)53-35-29(47)25(43)17(2)52-35/h3-12,17,19,21-22,25,27-31,33-35,40-41,43,45-48H,13-15H2,1-2H3,(H2,38,42)/b4-3+,7-5+,8-6+,11-9+,16-12-,18-10-,24-20-/t17-,19?,21?,22?,25?,27?,28?,29+,30?,31?,33?,34?,35+/m1/s1. The number of carbonyl (C=O) groups is 3. The Hall–Kier alpha value is -3.27. The SMILES string of the molecule is C/C(Cl)=C/C(Cl)=C/C=C/C=C/C=C/C=C/C(O)=C1\C(=O)C(CC(N)=O)N(C2OCC(O)C(O)C2OC2OCC(O[C@@H]3O[C@H](C)C(O)[C@@H]3O)C(O)C2O)C1=O. The fourth-order valence-electron chi connectivity index (χ4n) is 5.94. The maximum Gasteiger partial charge on any atom is 0.264 e. The van der Waals surface area contributed by atoms with Crippen molar-refractivity contribution in [2.75, 3.05) is 13.2 Å². The highest BCUT2D eigenvalue weighted by atomic mass is 35.5. The van der Waals surface area contributed by atoms with Gasteiger partial charge in [0.2, 0.25) is 5.91 Å². The Morgan fingerprint density at radius 1 is 0.870 bits per heavy atom. The molecule has 0 bridgehead atoms. The maximum absolute atomic E-state index is 13.8. The summed E-state index contributed by atoms with van der Waals surface area (Å²) in [6.07, 6.45) is -3.79. The van der Waals surface area contributed by atoms with E-state index in [9.17, 15) is 50.1 Å². The van der Waals surface area contributed by atoms with Crippen molar-refractivity contribution in [1.29, 1.82) is 0 Å². The van der Waals surface area contributed by atoms with Gasteiger partial charge in [-0.2, -0.15) is 0 Å². The van der Waals surface area contributed by atoms with Crippen LogP contribution in [0, 0.1) is 0 Å². The zero-order chi connectivity index (χ0) is 39.9. The molecule has 0 aromatic carbocycles. The Morgan fingerprint density at radius 3 is 2.11 bits per heavy atom. The van der Waals surface area contributed by atoms with E-state index in [1.165, 1.54) is 19.1 Å². The Balaban J connectivity index is 1.50. The summed E-state index contributed by atoms with van der Waals surface area (Å²) in [5, 5.41) is 75.0. The molecule has 298 valence electrons. The molecule has 4 fully saturated rings. The molecule has 54 heavy (non-hydrogen) atoms. The number of hydrogen-bond donors (Lipinski definition) is 8. The first kappa shape index (κ1) is 43.5. The molecule has 13 atom stereocenters. The average molecular weight is 804 g/mol. The summed E-state index contributed by atoms with van der Waals surface area (Å²) in [7, 11) is 0. The van der Waals surface area contributed by atoms with E-state index in [2.05, 4.69) is 0 Å². The number of nitrogens with two attached hydrogens (primary N) is 1. The highest BCUT2D eigenvalue weighted by molar-refractivity contribution is 6.34. The average Bonchev–Trinajstić information content (AvgIpc) is 3.49. The molecule has 19 heteroatoms. The number of rotatable bonds is 13. The van der Waals surface area contributed by atoms with Gasteiger partial charge in [-0.1, -0.05) is 65.7 Å². The molecule has 0 saturated carbocycles. The van der Waals surface area contributed by atoms with Gasteiger partial charge in [0, 0.05) is 10.1 Å². The zero-order valence-electron chi connectivity index (χ0n) is 29.1. The van der Waals surface area contributed by atoms with Crippen LogP contribution < -0.4 is 5.73 Å². The second-order valence-electron chi connectivity index (χ2n) is 12.8. The second kappa shape index (κ2) is 19.5. The van der Waals surface area contributed by atoms with Gasteiger partial charge in [0.1, 0.15) is 66.2 Å². The first-order valence-electron chi connectivity index (χ1n) is 16.8. The van der Waals surface area contributed by atoms with Gasteiger partial charge in [-0.3, -0.25) is 19.3 Å². The molecule has 4 saturated heterocycles. The number of carbonyl (C=O) groups excluding carboxylic acids is 3. The fourth-order valence-corrected chi connectivity index (χ4v) is 6.35. The minimum absolute atomic E-state index is 0.431. The van der Waals surface area contributed by atoms with E-state index in [4.69, 9.17) is 52.6 Å². The van der Waals surface area contributed by atoms with Crippen molar-refractivity contribution in [3.05, 3.63) is 82.2 Å². The lowest BCUT2D eigenvalue weighted by atomic mass is 10.0. The van der Waals surface area contributed by atoms with Gasteiger partial charge in [0.15, 0.2) is 24.6 Å². The van der Waals surface area contributed by atoms with Crippen molar-refractivity contribution >= 4 is 40.8 Å². The second-order valence-corrected chi connectivity index (χ2v) is 13.8. The summed E-state index contributed by atoms with van der Waals surface area (Å²) in [6.45, 7) is 2.15. The molecule has 0 spiro atoms. The van der Waals surface area contributed by atoms with Crippen molar-refractivity contribution in [2.24, 2.45) is 5.73 Å². The Labute approximate surface area is 320 Å². The lowest BCUT2D eigenvalue weighted by Crippen LogP contribution is -2.65. The Bertz CT molecular complexity index is 1590. The largest absolute Gasteiger partial charge is 0.507 e. The van der Waals surface area contributed by atoms with Gasteiger partial charge in [0.25, 0.3) is 5.91 Å². The van der Waals surface area contributed by atoms with Gasteiger partial charge >= 0.3 is 0 Å². The monoisotopic (exact) mass is 802 g/mol. The number of aliphatic hydroxyl groups is 7. The number of aliphatic hydroxyl groups excluding tert-OH is 7. The van der Waals surface area contributed by atoms with E-state index >= 15 is 0 Å². The van der Waals surface area contributed by atoms with E-state index in [0.29, 0.717) is 10.1 Å². The van der Waals surface area contributed by atoms with Crippen LogP contribution in [0.2, 0.25) is 0 Å². The van der Waals surface area contributed by atoms with Crippen LogP contribution >= 0.6 is 23.2 Å². The third kappa shape index (κ3) is 10.5. The van der Waals surface area contributed by atoms with Crippen molar-refractivity contribution in [1.82, 2.24) is 4.90 Å². The predicted molar refractivity (Wildman–Crippen MR) is 189 cm³/mol. The quantitative estimate of drug-likeness (QED) is 0.0497. The van der Waals surface area contributed by atoms with E-state index < -0.39 is 128 Å². The molecule has 0 aliphatic carbocycles. The molecule has 10 unspecified atom stereocenters. The molecule has 4 heterocycles. The first-order valence-corrected chi connectivity index (χ1v) is 17.5. The van der Waals surface area contributed by atoms with Crippen LogP contribution in [0.4, 0.5) is 0 Å². The molecule has 0 aromatic rings. The molecule has 9 N–H and O–H groups in total. The predicted octanol–water partition coefficient (Wildman–Crippen LogP) is -0.663. The molecule has 0 radical (unpaired) electrons. The number of amides is 2. The van der Waals surface area contributed by atoms with E-state index in [0.717, 1.165) is 11.0 Å². The molecular formula is C35H44Cl2N2O15. The number of primary amides is 1. The van der Waals surface area contributed by atoms with Crippen molar-refractivity contribution in [3.8, 4) is 0 Å². The summed E-state index contributed by atoms with van der Waals surface area (Å²) in [4.78, 5) is 40.1. The third-order valence-corrected chi connectivity index (χ3v) is 9.06. The Kier molecular flexibility index (Phi) is 15.7. The van der Waals surface area contributed by atoms with Gasteiger partial charge in [-0.05, 0) is 32.1 Å². The van der Waals surface area contributed by atoms with Crippen LogP contribution in [0.25, 0.3) is 0 Å². The van der Waals surface area contributed by atoms with Crippen LogP contribution in [0.5, 0.6) is 0 Å². The van der Waals surface area contributed by atoms with Gasteiger partial charge in [-0.15, -0.1) is 0 Å². The van der Waals surface area contributed by atoms with Crippen LogP contribution in [0.3, 0.4) is 0 Å². The zero-order valence-corrected chi connectivity index (χ0v) is 30.6. The fraction of sp³-hybridized carbons (Fsp3) is 0.514.